The van der Waals surface area contributed by atoms with Crippen LogP contribution in [0.3, 0.4) is 0 Å². The Bertz CT molecular complexity index is 1160. The van der Waals surface area contributed by atoms with Crippen LogP contribution in [0.5, 0.6) is 5.75 Å². The Morgan fingerprint density at radius 2 is 1.42 bits per heavy atom. The molecule has 0 aromatic heterocycles. The maximum absolute atomic E-state index is 12.4. The van der Waals surface area contributed by atoms with Gasteiger partial charge in [-0.25, -0.2) is 5.43 Å². The van der Waals surface area contributed by atoms with Gasteiger partial charge in [0.1, 0.15) is 5.75 Å². The molecule has 186 valence electrons. The number of nitrogens with zero attached hydrogens (tertiary/aromatic N) is 3. The zero-order valence-corrected chi connectivity index (χ0v) is 20.2. The number of carbonyl (C=O) groups is 2. The topological polar surface area (TPSA) is 100 Å². The molecule has 8 nitrogen and oxygen atoms in total. The standard InChI is InChI=1S/C28H31N5O3/c29-27(34)21-36-26-12-8-22(9-13-26)18-30-31-28(35)25-10-6-24(7-11-25)20-33-16-14-32(15-17-33)19-23-4-2-1-3-5-23/h1-13,18H,14-17,19-21H2,(H2,29,34)(H,31,35)/b30-18-. The number of hydrazone groups is 1. The average Bonchev–Trinajstić information content (AvgIpc) is 2.90. The molecule has 3 aromatic rings. The van der Waals surface area contributed by atoms with Gasteiger partial charge in [-0.3, -0.25) is 19.4 Å². The van der Waals surface area contributed by atoms with Gasteiger partial charge < -0.3 is 10.5 Å². The monoisotopic (exact) mass is 485 g/mol. The van der Waals surface area contributed by atoms with Crippen LogP contribution in [-0.2, 0) is 17.9 Å². The first-order valence-corrected chi connectivity index (χ1v) is 12.0. The normalized spacial score (nSPS) is 14.6. The Morgan fingerprint density at radius 3 is 2.00 bits per heavy atom. The van der Waals surface area contributed by atoms with Gasteiger partial charge in [0.15, 0.2) is 6.61 Å². The lowest BCUT2D eigenvalue weighted by atomic mass is 10.1. The van der Waals surface area contributed by atoms with Crippen LogP contribution in [0.15, 0.2) is 84.0 Å². The second-order valence-corrected chi connectivity index (χ2v) is 8.76. The largest absolute Gasteiger partial charge is 0.484 e. The van der Waals surface area contributed by atoms with E-state index in [0.717, 1.165) is 44.8 Å². The fraction of sp³-hybridized carbons (Fsp3) is 0.250. The lowest BCUT2D eigenvalue weighted by Crippen LogP contribution is -2.45. The van der Waals surface area contributed by atoms with Crippen LogP contribution in [0.2, 0.25) is 0 Å². The molecule has 1 aliphatic rings. The van der Waals surface area contributed by atoms with E-state index in [4.69, 9.17) is 10.5 Å². The van der Waals surface area contributed by atoms with Gasteiger partial charge in [0.25, 0.3) is 11.8 Å². The summed E-state index contributed by atoms with van der Waals surface area (Å²) in [5.41, 5.74) is 11.5. The maximum Gasteiger partial charge on any atom is 0.271 e. The highest BCUT2D eigenvalue weighted by molar-refractivity contribution is 5.94. The Kier molecular flexibility index (Phi) is 8.80. The fourth-order valence-electron chi connectivity index (χ4n) is 4.00. The fourth-order valence-corrected chi connectivity index (χ4v) is 4.00. The van der Waals surface area contributed by atoms with Crippen molar-refractivity contribution in [1.82, 2.24) is 15.2 Å². The van der Waals surface area contributed by atoms with Gasteiger partial charge in [-0.15, -0.1) is 0 Å². The summed E-state index contributed by atoms with van der Waals surface area (Å²) < 4.78 is 5.21. The van der Waals surface area contributed by atoms with Gasteiger partial charge in [0.05, 0.1) is 6.21 Å². The van der Waals surface area contributed by atoms with E-state index in [1.54, 1.807) is 30.5 Å². The van der Waals surface area contributed by atoms with Crippen molar-refractivity contribution in [3.63, 3.8) is 0 Å². The van der Waals surface area contributed by atoms with Gasteiger partial charge in [-0.1, -0.05) is 42.5 Å². The molecule has 0 radical (unpaired) electrons. The average molecular weight is 486 g/mol. The SMILES string of the molecule is NC(=O)COc1ccc(/C=N\NC(=O)c2ccc(CN3CCN(Cc4ccccc4)CC3)cc2)cc1. The molecule has 1 aliphatic heterocycles. The van der Waals surface area contributed by atoms with E-state index < -0.39 is 5.91 Å². The van der Waals surface area contributed by atoms with Crippen molar-refractivity contribution in [2.45, 2.75) is 13.1 Å². The summed E-state index contributed by atoms with van der Waals surface area (Å²) in [6.45, 7) is 5.86. The third-order valence-corrected chi connectivity index (χ3v) is 5.98. The predicted molar refractivity (Wildman–Crippen MR) is 140 cm³/mol. The van der Waals surface area contributed by atoms with Crippen LogP contribution in [-0.4, -0.2) is 60.6 Å². The molecule has 0 saturated carbocycles. The highest BCUT2D eigenvalue weighted by atomic mass is 16.5. The summed E-state index contributed by atoms with van der Waals surface area (Å²) in [5, 5.41) is 4.02. The molecule has 36 heavy (non-hydrogen) atoms. The number of nitrogens with one attached hydrogen (secondary N) is 1. The molecule has 3 aromatic carbocycles. The lowest BCUT2D eigenvalue weighted by Gasteiger charge is -2.34. The number of nitrogens with two attached hydrogens (primary N) is 1. The molecule has 4 rings (SSSR count). The zero-order valence-electron chi connectivity index (χ0n) is 20.2. The summed E-state index contributed by atoms with van der Waals surface area (Å²) in [4.78, 5) is 28.1. The van der Waals surface area contributed by atoms with E-state index in [1.807, 2.05) is 24.3 Å². The molecule has 0 aliphatic carbocycles. The molecule has 0 unspecified atom stereocenters. The Balaban J connectivity index is 1.19. The molecule has 0 atom stereocenters. The zero-order chi connectivity index (χ0) is 25.2. The predicted octanol–water partition coefficient (Wildman–Crippen LogP) is 2.63. The molecular formula is C28H31N5O3. The smallest absolute Gasteiger partial charge is 0.271 e. The number of hydrogen-bond acceptors (Lipinski definition) is 6. The molecule has 2 amide bonds. The Morgan fingerprint density at radius 1 is 0.833 bits per heavy atom. The van der Waals surface area contributed by atoms with Crippen LogP contribution in [0.4, 0.5) is 0 Å². The summed E-state index contributed by atoms with van der Waals surface area (Å²) in [6.07, 6.45) is 1.54. The molecule has 0 bridgehead atoms. The summed E-state index contributed by atoms with van der Waals surface area (Å²) in [7, 11) is 0. The van der Waals surface area contributed by atoms with E-state index in [-0.39, 0.29) is 12.5 Å². The number of rotatable bonds is 10. The minimum Gasteiger partial charge on any atom is -0.484 e. The number of piperazine rings is 1. The third kappa shape index (κ3) is 7.76. The molecule has 8 heteroatoms. The van der Waals surface area contributed by atoms with Crippen molar-refractivity contribution in [2.24, 2.45) is 10.8 Å². The van der Waals surface area contributed by atoms with Crippen molar-refractivity contribution >= 4 is 18.0 Å². The number of hydrogen-bond donors (Lipinski definition) is 2. The van der Waals surface area contributed by atoms with Gasteiger partial charge in [-0.2, -0.15) is 5.10 Å². The van der Waals surface area contributed by atoms with Crippen molar-refractivity contribution in [3.8, 4) is 5.75 Å². The summed E-state index contributed by atoms with van der Waals surface area (Å²) in [5.74, 6) is -0.272. The molecule has 1 fully saturated rings. The van der Waals surface area contributed by atoms with Crippen molar-refractivity contribution in [1.29, 1.82) is 0 Å². The second-order valence-electron chi connectivity index (χ2n) is 8.76. The lowest BCUT2D eigenvalue weighted by molar-refractivity contribution is -0.119. The van der Waals surface area contributed by atoms with Crippen LogP contribution in [0, 0.1) is 0 Å². The van der Waals surface area contributed by atoms with Crippen molar-refractivity contribution < 1.29 is 14.3 Å². The molecular weight excluding hydrogens is 454 g/mol. The number of benzene rings is 3. The van der Waals surface area contributed by atoms with Gasteiger partial charge in [-0.05, 0) is 53.1 Å². The molecule has 3 N–H and O–H groups in total. The van der Waals surface area contributed by atoms with E-state index in [2.05, 4.69) is 50.7 Å². The maximum atomic E-state index is 12.4. The van der Waals surface area contributed by atoms with Crippen molar-refractivity contribution in [2.75, 3.05) is 32.8 Å². The minimum absolute atomic E-state index is 0.173. The highest BCUT2D eigenvalue weighted by Gasteiger charge is 2.17. The molecule has 1 saturated heterocycles. The third-order valence-electron chi connectivity index (χ3n) is 5.98. The number of amides is 2. The first kappa shape index (κ1) is 25.1. The van der Waals surface area contributed by atoms with Gasteiger partial charge in [0.2, 0.25) is 0 Å². The first-order valence-electron chi connectivity index (χ1n) is 12.0. The summed E-state index contributed by atoms with van der Waals surface area (Å²) in [6, 6.07) is 25.2. The van der Waals surface area contributed by atoms with Gasteiger partial charge in [0, 0.05) is 44.8 Å². The van der Waals surface area contributed by atoms with E-state index in [0.29, 0.717) is 11.3 Å². The Labute approximate surface area is 211 Å². The van der Waals surface area contributed by atoms with E-state index >= 15 is 0 Å². The Hall–Kier alpha value is -4.01. The second kappa shape index (κ2) is 12.6. The van der Waals surface area contributed by atoms with Crippen LogP contribution in [0.1, 0.15) is 27.0 Å². The minimum atomic E-state index is -0.534. The first-order chi connectivity index (χ1) is 17.5. The number of carbonyl (C=O) groups excluding carboxylic acids is 2. The number of ether oxygens (including phenoxy) is 1. The molecule has 1 heterocycles. The highest BCUT2D eigenvalue weighted by Crippen LogP contribution is 2.13. The van der Waals surface area contributed by atoms with E-state index in [1.165, 1.54) is 11.1 Å². The van der Waals surface area contributed by atoms with E-state index in [9.17, 15) is 9.59 Å². The van der Waals surface area contributed by atoms with Crippen LogP contribution in [0.25, 0.3) is 0 Å². The van der Waals surface area contributed by atoms with Crippen LogP contribution < -0.4 is 15.9 Å². The quantitative estimate of drug-likeness (QED) is 0.340. The number of primary amides is 1. The summed E-state index contributed by atoms with van der Waals surface area (Å²) >= 11 is 0. The van der Waals surface area contributed by atoms with Crippen LogP contribution >= 0.6 is 0 Å². The van der Waals surface area contributed by atoms with Gasteiger partial charge >= 0.3 is 0 Å². The van der Waals surface area contributed by atoms with Crippen molar-refractivity contribution in [3.05, 3.63) is 101 Å². The molecule has 0 spiro atoms.